The third-order valence-electron chi connectivity index (χ3n) is 1.70. The second-order valence-electron chi connectivity index (χ2n) is 2.78. The quantitative estimate of drug-likeness (QED) is 0.814. The van der Waals surface area contributed by atoms with Crippen molar-refractivity contribution in [3.05, 3.63) is 21.0 Å². The summed E-state index contributed by atoms with van der Waals surface area (Å²) in [7, 11) is 0. The van der Waals surface area contributed by atoms with Crippen LogP contribution in [0.4, 0.5) is 13.2 Å². The predicted molar refractivity (Wildman–Crippen MR) is 57.5 cm³/mol. The molecule has 8 heteroatoms. The van der Waals surface area contributed by atoms with Gasteiger partial charge in [0.05, 0.1) is 15.9 Å². The summed E-state index contributed by atoms with van der Waals surface area (Å²) in [4.78, 5) is 3.82. The SMILES string of the molecule is NCc1ncc(CO)c(OC(F)(F)F)c1I. The van der Waals surface area contributed by atoms with Gasteiger partial charge >= 0.3 is 6.36 Å². The highest BCUT2D eigenvalue weighted by Gasteiger charge is 2.33. The van der Waals surface area contributed by atoms with Crippen LogP contribution in [-0.4, -0.2) is 16.5 Å². The Morgan fingerprint density at radius 1 is 1.50 bits per heavy atom. The van der Waals surface area contributed by atoms with E-state index in [0.29, 0.717) is 0 Å². The molecule has 1 aromatic heterocycles. The van der Waals surface area contributed by atoms with E-state index >= 15 is 0 Å². The van der Waals surface area contributed by atoms with E-state index in [4.69, 9.17) is 10.8 Å². The highest BCUT2D eigenvalue weighted by atomic mass is 127. The van der Waals surface area contributed by atoms with Crippen LogP contribution in [-0.2, 0) is 13.2 Å². The van der Waals surface area contributed by atoms with Crippen LogP contribution in [0, 0.1) is 3.57 Å². The van der Waals surface area contributed by atoms with Crippen molar-refractivity contribution < 1.29 is 23.0 Å². The first-order chi connectivity index (χ1) is 7.39. The second kappa shape index (κ2) is 5.15. The zero-order valence-corrected chi connectivity index (χ0v) is 10.0. The zero-order chi connectivity index (χ0) is 12.3. The molecular weight excluding hydrogens is 340 g/mol. The number of nitrogens with zero attached hydrogens (tertiary/aromatic N) is 1. The molecule has 0 saturated heterocycles. The lowest BCUT2D eigenvalue weighted by Crippen LogP contribution is -2.20. The molecule has 90 valence electrons. The maximum Gasteiger partial charge on any atom is 0.573 e. The summed E-state index contributed by atoms with van der Waals surface area (Å²) < 4.78 is 40.3. The fraction of sp³-hybridized carbons (Fsp3) is 0.375. The molecule has 0 bridgehead atoms. The van der Waals surface area contributed by atoms with E-state index in [-0.39, 0.29) is 21.4 Å². The van der Waals surface area contributed by atoms with Gasteiger partial charge in [0.1, 0.15) is 0 Å². The smallest absolute Gasteiger partial charge is 0.404 e. The van der Waals surface area contributed by atoms with Crippen molar-refractivity contribution in [3.8, 4) is 5.75 Å². The fourth-order valence-corrected chi connectivity index (χ4v) is 1.84. The Kier molecular flexibility index (Phi) is 4.33. The van der Waals surface area contributed by atoms with Gasteiger partial charge in [-0.25, -0.2) is 0 Å². The van der Waals surface area contributed by atoms with Crippen molar-refractivity contribution in [1.29, 1.82) is 0 Å². The summed E-state index contributed by atoms with van der Waals surface area (Å²) >= 11 is 1.65. The van der Waals surface area contributed by atoms with Gasteiger partial charge in [0.2, 0.25) is 0 Å². The molecule has 4 nitrogen and oxygen atoms in total. The molecule has 0 fully saturated rings. The highest BCUT2D eigenvalue weighted by Crippen LogP contribution is 2.32. The molecule has 0 atom stereocenters. The Labute approximate surface area is 103 Å². The number of halogens is 4. The van der Waals surface area contributed by atoms with Gasteiger partial charge in [-0.3, -0.25) is 4.98 Å². The number of ether oxygens (including phenoxy) is 1. The Morgan fingerprint density at radius 2 is 2.12 bits per heavy atom. The molecule has 0 aromatic carbocycles. The summed E-state index contributed by atoms with van der Waals surface area (Å²) in [5.41, 5.74) is 5.57. The van der Waals surface area contributed by atoms with Crippen LogP contribution in [0.3, 0.4) is 0 Å². The number of aromatic nitrogens is 1. The van der Waals surface area contributed by atoms with Crippen LogP contribution in [0.1, 0.15) is 11.3 Å². The van der Waals surface area contributed by atoms with Crippen LogP contribution in [0.5, 0.6) is 5.75 Å². The molecule has 0 radical (unpaired) electrons. The topological polar surface area (TPSA) is 68.4 Å². The number of hydrogen-bond acceptors (Lipinski definition) is 4. The molecule has 0 saturated carbocycles. The van der Waals surface area contributed by atoms with Crippen molar-refractivity contribution in [2.24, 2.45) is 5.73 Å². The van der Waals surface area contributed by atoms with E-state index in [1.54, 1.807) is 22.6 Å². The molecular formula is C8H8F3IN2O2. The van der Waals surface area contributed by atoms with E-state index < -0.39 is 18.7 Å². The monoisotopic (exact) mass is 348 g/mol. The van der Waals surface area contributed by atoms with E-state index in [9.17, 15) is 13.2 Å². The Balaban J connectivity index is 3.21. The third-order valence-corrected chi connectivity index (χ3v) is 2.81. The van der Waals surface area contributed by atoms with Crippen molar-refractivity contribution in [2.45, 2.75) is 19.5 Å². The number of aliphatic hydroxyl groups is 1. The van der Waals surface area contributed by atoms with Gasteiger partial charge in [-0.1, -0.05) is 0 Å². The largest absolute Gasteiger partial charge is 0.573 e. The number of aliphatic hydroxyl groups excluding tert-OH is 1. The molecule has 3 N–H and O–H groups in total. The van der Waals surface area contributed by atoms with Crippen LogP contribution in [0.2, 0.25) is 0 Å². The van der Waals surface area contributed by atoms with E-state index in [1.807, 2.05) is 0 Å². The first-order valence-corrected chi connectivity index (χ1v) is 5.19. The maximum atomic E-state index is 12.1. The summed E-state index contributed by atoms with van der Waals surface area (Å²) in [5.74, 6) is -0.439. The Hall–Kier alpha value is -0.610. The number of rotatable bonds is 3. The lowest BCUT2D eigenvalue weighted by molar-refractivity contribution is -0.275. The molecule has 0 aliphatic rings. The average molecular weight is 348 g/mol. The Morgan fingerprint density at radius 3 is 2.56 bits per heavy atom. The van der Waals surface area contributed by atoms with Gasteiger partial charge < -0.3 is 15.6 Å². The maximum absolute atomic E-state index is 12.1. The van der Waals surface area contributed by atoms with Gasteiger partial charge in [-0.05, 0) is 22.6 Å². The molecule has 1 rings (SSSR count). The molecule has 0 aliphatic carbocycles. The van der Waals surface area contributed by atoms with Crippen LogP contribution < -0.4 is 10.5 Å². The first-order valence-electron chi connectivity index (χ1n) is 4.12. The predicted octanol–water partition coefficient (Wildman–Crippen LogP) is 1.54. The van der Waals surface area contributed by atoms with Crippen LogP contribution in [0.25, 0.3) is 0 Å². The highest BCUT2D eigenvalue weighted by molar-refractivity contribution is 14.1. The third kappa shape index (κ3) is 3.19. The number of pyridine rings is 1. The summed E-state index contributed by atoms with van der Waals surface area (Å²) in [6.07, 6.45) is -3.69. The van der Waals surface area contributed by atoms with E-state index in [1.165, 1.54) is 0 Å². The van der Waals surface area contributed by atoms with Gasteiger partial charge in [-0.15, -0.1) is 13.2 Å². The van der Waals surface area contributed by atoms with Gasteiger partial charge in [0, 0.05) is 18.3 Å². The van der Waals surface area contributed by atoms with Gasteiger partial charge in [0.15, 0.2) is 5.75 Å². The van der Waals surface area contributed by atoms with Crippen molar-refractivity contribution >= 4 is 22.6 Å². The fourth-order valence-electron chi connectivity index (χ4n) is 1.02. The zero-order valence-electron chi connectivity index (χ0n) is 7.88. The minimum absolute atomic E-state index is 0.00179. The molecule has 0 unspecified atom stereocenters. The molecule has 1 aromatic rings. The summed E-state index contributed by atoms with van der Waals surface area (Å²) in [5, 5.41) is 8.88. The normalized spacial score (nSPS) is 11.6. The van der Waals surface area contributed by atoms with Crippen molar-refractivity contribution in [2.75, 3.05) is 0 Å². The van der Waals surface area contributed by atoms with Crippen molar-refractivity contribution in [3.63, 3.8) is 0 Å². The summed E-state index contributed by atoms with van der Waals surface area (Å²) in [6.45, 7) is -0.586. The minimum atomic E-state index is -4.81. The second-order valence-corrected chi connectivity index (χ2v) is 3.86. The molecule has 0 aliphatic heterocycles. The van der Waals surface area contributed by atoms with E-state index in [2.05, 4.69) is 9.72 Å². The van der Waals surface area contributed by atoms with Crippen molar-refractivity contribution in [1.82, 2.24) is 4.98 Å². The standard InChI is InChI=1S/C8H8F3IN2O2/c9-8(10,11)16-7-4(3-15)2-14-5(1-13)6(7)12/h2,15H,1,3,13H2. The van der Waals surface area contributed by atoms with Crippen LogP contribution >= 0.6 is 22.6 Å². The number of alkyl halides is 3. The molecule has 16 heavy (non-hydrogen) atoms. The van der Waals surface area contributed by atoms with Gasteiger partial charge in [0.25, 0.3) is 0 Å². The summed E-state index contributed by atoms with van der Waals surface area (Å²) in [6, 6.07) is 0. The number of nitrogens with two attached hydrogens (primary N) is 1. The lowest BCUT2D eigenvalue weighted by Gasteiger charge is -2.15. The van der Waals surface area contributed by atoms with E-state index in [0.717, 1.165) is 6.20 Å². The molecule has 0 spiro atoms. The van der Waals surface area contributed by atoms with Gasteiger partial charge in [-0.2, -0.15) is 0 Å². The minimum Gasteiger partial charge on any atom is -0.404 e. The Bertz CT molecular complexity index is 384. The number of hydrogen-bond donors (Lipinski definition) is 2. The average Bonchev–Trinajstić information content (AvgIpc) is 2.19. The molecule has 0 amide bonds. The van der Waals surface area contributed by atoms with Crippen LogP contribution in [0.15, 0.2) is 6.20 Å². The molecule has 1 heterocycles. The lowest BCUT2D eigenvalue weighted by atomic mass is 10.2. The first kappa shape index (κ1) is 13.5.